The summed E-state index contributed by atoms with van der Waals surface area (Å²) < 4.78 is 58.5. The highest BCUT2D eigenvalue weighted by molar-refractivity contribution is 7.92. The molecule has 3 aromatic rings. The minimum Gasteiger partial charge on any atom is -0.493 e. The van der Waals surface area contributed by atoms with E-state index in [0.717, 1.165) is 24.8 Å². The smallest absolute Gasteiger partial charge is 0.262 e. The van der Waals surface area contributed by atoms with Gasteiger partial charge in [-0.25, -0.2) is 8.42 Å². The minimum atomic E-state index is -3.92. The van der Waals surface area contributed by atoms with Crippen molar-refractivity contribution < 1.29 is 32.1 Å². The van der Waals surface area contributed by atoms with Crippen molar-refractivity contribution in [2.75, 3.05) is 31.7 Å². The predicted molar refractivity (Wildman–Crippen MR) is 150 cm³/mol. The Kier molecular flexibility index (Phi) is 9.37. The van der Waals surface area contributed by atoms with Crippen LogP contribution < -0.4 is 18.9 Å². The van der Waals surface area contributed by atoms with Crippen LogP contribution in [0, 0.1) is 0 Å². The van der Waals surface area contributed by atoms with Crippen molar-refractivity contribution >= 4 is 15.7 Å². The number of para-hydroxylation sites is 3. The predicted octanol–water partition coefficient (Wildman–Crippen LogP) is 6.51. The summed E-state index contributed by atoms with van der Waals surface area (Å²) >= 11 is 0. The second-order valence-electron chi connectivity index (χ2n) is 10.3. The van der Waals surface area contributed by atoms with E-state index < -0.39 is 10.0 Å². The number of ether oxygens (including phenoxy) is 5. The highest BCUT2D eigenvalue weighted by Gasteiger charge is 2.22. The zero-order valence-electron chi connectivity index (χ0n) is 22.9. The van der Waals surface area contributed by atoms with Gasteiger partial charge in [0.15, 0.2) is 29.3 Å². The third-order valence-electron chi connectivity index (χ3n) is 6.32. The monoisotopic (exact) mass is 555 g/mol. The van der Waals surface area contributed by atoms with Gasteiger partial charge in [-0.15, -0.1) is 0 Å². The van der Waals surface area contributed by atoms with Gasteiger partial charge >= 0.3 is 0 Å². The summed E-state index contributed by atoms with van der Waals surface area (Å²) in [5.74, 6) is 1.48. The zero-order valence-corrected chi connectivity index (χ0v) is 23.8. The molecule has 39 heavy (non-hydrogen) atoms. The number of anilines is 1. The number of hydrogen-bond donors (Lipinski definition) is 1. The Labute approximate surface area is 231 Å². The van der Waals surface area contributed by atoms with Crippen LogP contribution in [0.25, 0.3) is 0 Å². The van der Waals surface area contributed by atoms with Gasteiger partial charge in [-0.1, -0.05) is 51.1 Å². The molecule has 1 atom stereocenters. The Morgan fingerprint density at radius 2 is 1.62 bits per heavy atom. The second kappa shape index (κ2) is 12.7. The molecule has 0 spiro atoms. The molecule has 1 saturated heterocycles. The fourth-order valence-corrected chi connectivity index (χ4v) is 5.20. The first kappa shape index (κ1) is 28.7. The van der Waals surface area contributed by atoms with Gasteiger partial charge in [0.1, 0.15) is 6.61 Å². The second-order valence-corrected chi connectivity index (χ2v) is 12.0. The van der Waals surface area contributed by atoms with E-state index in [9.17, 15) is 8.42 Å². The van der Waals surface area contributed by atoms with Crippen LogP contribution in [-0.4, -0.2) is 41.6 Å². The molecular weight excluding hydrogens is 518 g/mol. The molecule has 210 valence electrons. The van der Waals surface area contributed by atoms with E-state index in [1.54, 1.807) is 55.6 Å². The molecule has 0 aliphatic carbocycles. The summed E-state index contributed by atoms with van der Waals surface area (Å²) in [5.41, 5.74) is 1.18. The van der Waals surface area contributed by atoms with Crippen molar-refractivity contribution in [3.8, 4) is 23.0 Å². The summed E-state index contributed by atoms with van der Waals surface area (Å²) in [7, 11) is -2.38. The molecule has 8 nitrogen and oxygen atoms in total. The Balaban J connectivity index is 1.58. The van der Waals surface area contributed by atoms with Crippen molar-refractivity contribution in [2.24, 2.45) is 0 Å². The molecule has 1 aliphatic rings. The number of benzene rings is 3. The van der Waals surface area contributed by atoms with Crippen LogP contribution in [0.5, 0.6) is 23.0 Å². The SMILES string of the molecule is COc1ccccc1Oc1c(NS(=O)(=O)c2ccc(C(C)(C)C)cc2)cccc1OCCOC1CCCCO1. The Bertz CT molecular complexity index is 1330. The molecule has 1 unspecified atom stereocenters. The lowest BCUT2D eigenvalue weighted by Crippen LogP contribution is -2.24. The lowest BCUT2D eigenvalue weighted by Gasteiger charge is -2.23. The standard InChI is InChI=1S/C30H37NO7S/c1-30(2,3)22-15-17-23(18-16-22)39(32,33)31-24-10-9-13-27(35-20-21-37-28-14-7-8-19-36-28)29(24)38-26-12-6-5-11-25(26)34-4/h5-6,9-13,15-18,28,31H,7-8,14,19-21H2,1-4H3. The van der Waals surface area contributed by atoms with Crippen molar-refractivity contribution in [1.82, 2.24) is 0 Å². The molecular formula is C30H37NO7S. The topological polar surface area (TPSA) is 92.3 Å². The molecule has 0 aromatic heterocycles. The molecule has 9 heteroatoms. The summed E-state index contributed by atoms with van der Waals surface area (Å²) in [6.07, 6.45) is 2.75. The van der Waals surface area contributed by atoms with Crippen LogP contribution in [0.2, 0.25) is 0 Å². The van der Waals surface area contributed by atoms with E-state index in [1.807, 2.05) is 18.2 Å². The van der Waals surface area contributed by atoms with Crippen LogP contribution in [-0.2, 0) is 24.9 Å². The Hall–Kier alpha value is -3.27. The third kappa shape index (κ3) is 7.65. The van der Waals surface area contributed by atoms with E-state index in [0.29, 0.717) is 30.5 Å². The molecule has 3 aromatic carbocycles. The van der Waals surface area contributed by atoms with E-state index in [2.05, 4.69) is 25.5 Å². The summed E-state index contributed by atoms with van der Waals surface area (Å²) in [4.78, 5) is 0.144. The van der Waals surface area contributed by atoms with Gasteiger partial charge in [-0.3, -0.25) is 4.72 Å². The van der Waals surface area contributed by atoms with Gasteiger partial charge in [0.2, 0.25) is 0 Å². The molecule has 1 N–H and O–H groups in total. The quantitative estimate of drug-likeness (QED) is 0.270. The summed E-state index contributed by atoms with van der Waals surface area (Å²) in [5, 5.41) is 0. The molecule has 0 amide bonds. The largest absolute Gasteiger partial charge is 0.493 e. The average Bonchev–Trinajstić information content (AvgIpc) is 2.93. The van der Waals surface area contributed by atoms with E-state index >= 15 is 0 Å². The third-order valence-corrected chi connectivity index (χ3v) is 7.70. The Morgan fingerprint density at radius 1 is 0.897 bits per heavy atom. The van der Waals surface area contributed by atoms with Crippen molar-refractivity contribution in [1.29, 1.82) is 0 Å². The number of hydrogen-bond acceptors (Lipinski definition) is 7. The molecule has 0 saturated carbocycles. The maximum atomic E-state index is 13.4. The summed E-state index contributed by atoms with van der Waals surface area (Å²) in [6.45, 7) is 7.48. The molecule has 1 heterocycles. The number of nitrogens with one attached hydrogen (secondary N) is 1. The van der Waals surface area contributed by atoms with Gasteiger partial charge < -0.3 is 23.7 Å². The highest BCUT2D eigenvalue weighted by Crippen LogP contribution is 2.42. The minimum absolute atomic E-state index is 0.0933. The van der Waals surface area contributed by atoms with Gasteiger partial charge in [0.05, 0.1) is 24.3 Å². The van der Waals surface area contributed by atoms with Crippen LogP contribution in [0.3, 0.4) is 0 Å². The first-order chi connectivity index (χ1) is 18.7. The lowest BCUT2D eigenvalue weighted by atomic mass is 9.87. The number of rotatable bonds is 11. The maximum Gasteiger partial charge on any atom is 0.262 e. The number of sulfonamides is 1. The first-order valence-corrected chi connectivity index (χ1v) is 14.6. The van der Waals surface area contributed by atoms with Crippen LogP contribution in [0.15, 0.2) is 71.6 Å². The maximum absolute atomic E-state index is 13.4. The van der Waals surface area contributed by atoms with Gasteiger partial charge in [0, 0.05) is 6.61 Å². The van der Waals surface area contributed by atoms with Crippen molar-refractivity contribution in [3.05, 3.63) is 72.3 Å². The van der Waals surface area contributed by atoms with Crippen LogP contribution in [0.4, 0.5) is 5.69 Å². The first-order valence-electron chi connectivity index (χ1n) is 13.1. The van der Waals surface area contributed by atoms with Crippen molar-refractivity contribution in [3.63, 3.8) is 0 Å². The highest BCUT2D eigenvalue weighted by atomic mass is 32.2. The Morgan fingerprint density at radius 3 is 2.28 bits per heavy atom. The fourth-order valence-electron chi connectivity index (χ4n) is 4.14. The van der Waals surface area contributed by atoms with Crippen LogP contribution >= 0.6 is 0 Å². The van der Waals surface area contributed by atoms with Gasteiger partial charge in [-0.05, 0) is 66.6 Å². The van der Waals surface area contributed by atoms with E-state index in [-0.39, 0.29) is 34.6 Å². The normalized spacial score (nSPS) is 15.9. The van der Waals surface area contributed by atoms with Gasteiger partial charge in [0.25, 0.3) is 10.0 Å². The lowest BCUT2D eigenvalue weighted by molar-refractivity contribution is -0.165. The molecule has 4 rings (SSSR count). The van der Waals surface area contributed by atoms with Crippen LogP contribution in [0.1, 0.15) is 45.6 Å². The average molecular weight is 556 g/mol. The fraction of sp³-hybridized carbons (Fsp3) is 0.400. The molecule has 0 radical (unpaired) electrons. The van der Waals surface area contributed by atoms with E-state index in [1.165, 1.54) is 0 Å². The summed E-state index contributed by atoms with van der Waals surface area (Å²) in [6, 6.07) is 19.1. The van der Waals surface area contributed by atoms with E-state index in [4.69, 9.17) is 23.7 Å². The molecule has 0 bridgehead atoms. The molecule has 1 aliphatic heterocycles. The van der Waals surface area contributed by atoms with Gasteiger partial charge in [-0.2, -0.15) is 0 Å². The zero-order chi connectivity index (χ0) is 27.9. The van der Waals surface area contributed by atoms with Crippen molar-refractivity contribution in [2.45, 2.75) is 56.6 Å². The molecule has 1 fully saturated rings. The number of methoxy groups -OCH3 is 1.